The molecule has 0 saturated heterocycles. The van der Waals surface area contributed by atoms with Crippen LogP contribution in [0.5, 0.6) is 0 Å². The van der Waals surface area contributed by atoms with Gasteiger partial charge in [-0.3, -0.25) is 9.59 Å². The van der Waals surface area contributed by atoms with Crippen molar-refractivity contribution in [1.82, 2.24) is 4.98 Å². The molecule has 6 heteroatoms. The van der Waals surface area contributed by atoms with Crippen molar-refractivity contribution in [2.75, 3.05) is 0 Å². The van der Waals surface area contributed by atoms with Gasteiger partial charge in [-0.05, 0) is 55.0 Å². The van der Waals surface area contributed by atoms with E-state index < -0.39 is 5.92 Å². The van der Waals surface area contributed by atoms with Gasteiger partial charge in [0.05, 0.1) is 5.92 Å². The number of aryl methyl sites for hydroxylation is 2. The number of aromatic amines is 1. The number of rotatable bonds is 1. The number of nitrogens with two attached hydrogens (primary N) is 1. The second-order valence-electron chi connectivity index (χ2n) is 7.12. The molecule has 2 aliphatic rings. The standard InChI is InChI=1S/C21H19N3O3/c1-10-6-12-8-13(21(26)24-15(12)7-11(10)2)18-14(9-22)20(23)27-17-5-3-4-16(25)19(17)18/h6-8,18H,3-5,23H2,1-2H3,(H,24,26)/t18-/m0/s1. The Morgan fingerprint density at radius 1 is 1.19 bits per heavy atom. The molecule has 0 amide bonds. The maximum atomic E-state index is 12.9. The molecule has 1 aliphatic heterocycles. The van der Waals surface area contributed by atoms with Crippen LogP contribution in [-0.4, -0.2) is 10.8 Å². The summed E-state index contributed by atoms with van der Waals surface area (Å²) in [5.41, 5.74) is 9.36. The Morgan fingerprint density at radius 3 is 2.67 bits per heavy atom. The molecule has 2 aromatic rings. The Hall–Kier alpha value is -3.33. The van der Waals surface area contributed by atoms with E-state index in [1.54, 1.807) is 6.07 Å². The van der Waals surface area contributed by atoms with Crippen molar-refractivity contribution in [3.05, 3.63) is 68.0 Å². The zero-order valence-electron chi connectivity index (χ0n) is 15.2. The molecule has 0 bridgehead atoms. The summed E-state index contributed by atoms with van der Waals surface area (Å²) in [4.78, 5) is 28.4. The van der Waals surface area contributed by atoms with E-state index in [9.17, 15) is 14.9 Å². The van der Waals surface area contributed by atoms with Gasteiger partial charge in [-0.1, -0.05) is 0 Å². The highest BCUT2D eigenvalue weighted by Gasteiger charge is 2.39. The van der Waals surface area contributed by atoms with Gasteiger partial charge in [0, 0.05) is 29.5 Å². The zero-order chi connectivity index (χ0) is 19.3. The SMILES string of the molecule is Cc1cc2cc([C@H]3C(C#N)=C(N)OC4=C3C(=O)CCC4)c(=O)[nH]c2cc1C. The number of ether oxygens (including phenoxy) is 1. The van der Waals surface area contributed by atoms with Crippen molar-refractivity contribution in [3.8, 4) is 6.07 Å². The number of nitriles is 1. The van der Waals surface area contributed by atoms with Crippen LogP contribution in [0.1, 0.15) is 41.9 Å². The van der Waals surface area contributed by atoms with Gasteiger partial charge in [-0.25, -0.2) is 0 Å². The molecular formula is C21H19N3O3. The number of benzene rings is 1. The highest BCUT2D eigenvalue weighted by molar-refractivity contribution is 5.99. The molecule has 0 saturated carbocycles. The normalized spacial score (nSPS) is 19.7. The summed E-state index contributed by atoms with van der Waals surface area (Å²) in [5.74, 6) is -0.440. The number of nitrogens with zero attached hydrogens (tertiary/aromatic N) is 1. The topological polar surface area (TPSA) is 109 Å². The Labute approximate surface area is 155 Å². The predicted molar refractivity (Wildman–Crippen MR) is 101 cm³/mol. The molecule has 0 unspecified atom stereocenters. The number of hydrogen-bond donors (Lipinski definition) is 2. The lowest BCUT2D eigenvalue weighted by Crippen LogP contribution is -2.30. The molecule has 1 aromatic carbocycles. The number of aromatic nitrogens is 1. The fourth-order valence-electron chi connectivity index (χ4n) is 3.88. The smallest absolute Gasteiger partial charge is 0.252 e. The minimum atomic E-state index is -0.790. The molecule has 1 aliphatic carbocycles. The quantitative estimate of drug-likeness (QED) is 0.811. The van der Waals surface area contributed by atoms with Gasteiger partial charge in [-0.15, -0.1) is 0 Å². The van der Waals surface area contributed by atoms with Gasteiger partial charge >= 0.3 is 0 Å². The molecule has 3 N–H and O–H groups in total. The molecule has 6 nitrogen and oxygen atoms in total. The number of hydrogen-bond acceptors (Lipinski definition) is 5. The average molecular weight is 361 g/mol. The van der Waals surface area contributed by atoms with Gasteiger partial charge in [0.25, 0.3) is 5.56 Å². The van der Waals surface area contributed by atoms with Crippen molar-refractivity contribution >= 4 is 16.7 Å². The van der Waals surface area contributed by atoms with Crippen molar-refractivity contribution in [1.29, 1.82) is 5.26 Å². The number of fused-ring (bicyclic) bond motifs is 1. The number of carbonyl (C=O) groups is 1. The minimum absolute atomic E-state index is 0.0319. The van der Waals surface area contributed by atoms with Gasteiger partial charge < -0.3 is 15.5 Å². The van der Waals surface area contributed by atoms with Gasteiger partial charge in [0.15, 0.2) is 5.78 Å². The van der Waals surface area contributed by atoms with Crippen LogP contribution in [-0.2, 0) is 9.53 Å². The van der Waals surface area contributed by atoms with Gasteiger partial charge in [0.1, 0.15) is 17.4 Å². The zero-order valence-corrected chi connectivity index (χ0v) is 15.2. The van der Waals surface area contributed by atoms with E-state index in [0.717, 1.165) is 22.0 Å². The van der Waals surface area contributed by atoms with E-state index in [2.05, 4.69) is 4.98 Å². The average Bonchev–Trinajstić information content (AvgIpc) is 2.62. The van der Waals surface area contributed by atoms with E-state index >= 15 is 0 Å². The molecule has 1 aromatic heterocycles. The van der Waals surface area contributed by atoms with Crippen LogP contribution in [0.25, 0.3) is 10.9 Å². The van der Waals surface area contributed by atoms with Crippen LogP contribution < -0.4 is 11.3 Å². The van der Waals surface area contributed by atoms with Crippen molar-refractivity contribution < 1.29 is 9.53 Å². The number of pyridine rings is 1. The summed E-state index contributed by atoms with van der Waals surface area (Å²) in [6, 6.07) is 7.71. The number of Topliss-reactive ketones (excluding diaryl/α,β-unsaturated/α-hetero) is 1. The third-order valence-electron chi connectivity index (χ3n) is 5.40. The number of ketones is 1. The summed E-state index contributed by atoms with van der Waals surface area (Å²) in [7, 11) is 0. The molecule has 1 atom stereocenters. The fraction of sp³-hybridized carbons (Fsp3) is 0.286. The van der Waals surface area contributed by atoms with Crippen LogP contribution >= 0.6 is 0 Å². The first-order chi connectivity index (χ1) is 12.9. The Kier molecular flexibility index (Phi) is 3.88. The molecule has 136 valence electrons. The predicted octanol–water partition coefficient (Wildman–Crippen LogP) is 2.96. The van der Waals surface area contributed by atoms with Crippen LogP contribution in [0, 0.1) is 25.2 Å². The van der Waals surface area contributed by atoms with Gasteiger partial charge in [0.2, 0.25) is 5.88 Å². The first-order valence-corrected chi connectivity index (χ1v) is 8.88. The van der Waals surface area contributed by atoms with Crippen LogP contribution in [0.3, 0.4) is 0 Å². The Balaban J connectivity index is 2.00. The molecule has 0 spiro atoms. The van der Waals surface area contributed by atoms with Crippen LogP contribution in [0.15, 0.2) is 45.8 Å². The monoisotopic (exact) mass is 361 g/mol. The van der Waals surface area contributed by atoms with Crippen molar-refractivity contribution in [2.45, 2.75) is 39.0 Å². The number of H-pyrrole nitrogens is 1. The van der Waals surface area contributed by atoms with E-state index in [1.165, 1.54) is 0 Å². The molecule has 27 heavy (non-hydrogen) atoms. The maximum Gasteiger partial charge on any atom is 0.252 e. The third kappa shape index (κ3) is 2.63. The summed E-state index contributed by atoms with van der Waals surface area (Å²) in [5, 5.41) is 10.5. The first-order valence-electron chi connectivity index (χ1n) is 8.88. The van der Waals surface area contributed by atoms with Crippen LogP contribution in [0.4, 0.5) is 0 Å². The third-order valence-corrected chi connectivity index (χ3v) is 5.40. The lowest BCUT2D eigenvalue weighted by molar-refractivity contribution is -0.116. The first kappa shape index (κ1) is 17.1. The molecule has 0 radical (unpaired) electrons. The fourth-order valence-corrected chi connectivity index (χ4v) is 3.88. The summed E-state index contributed by atoms with van der Waals surface area (Å²) in [6.45, 7) is 3.98. The van der Waals surface area contributed by atoms with Crippen molar-refractivity contribution in [2.24, 2.45) is 5.73 Å². The highest BCUT2D eigenvalue weighted by Crippen LogP contribution is 2.42. The summed E-state index contributed by atoms with van der Waals surface area (Å²) >= 11 is 0. The van der Waals surface area contributed by atoms with Crippen LogP contribution in [0.2, 0.25) is 0 Å². The Morgan fingerprint density at radius 2 is 1.93 bits per heavy atom. The van der Waals surface area contributed by atoms with E-state index in [0.29, 0.717) is 36.2 Å². The maximum absolute atomic E-state index is 12.9. The second-order valence-corrected chi connectivity index (χ2v) is 7.12. The number of carbonyl (C=O) groups excluding carboxylic acids is 1. The molecule has 0 fully saturated rings. The highest BCUT2D eigenvalue weighted by atomic mass is 16.5. The number of allylic oxidation sites excluding steroid dienone is 3. The summed E-state index contributed by atoms with van der Waals surface area (Å²) in [6.07, 6.45) is 1.62. The summed E-state index contributed by atoms with van der Waals surface area (Å²) < 4.78 is 5.56. The van der Waals surface area contributed by atoms with Crippen molar-refractivity contribution in [3.63, 3.8) is 0 Å². The molecule has 4 rings (SSSR count). The van der Waals surface area contributed by atoms with E-state index in [4.69, 9.17) is 10.5 Å². The largest absolute Gasteiger partial charge is 0.444 e. The van der Waals surface area contributed by atoms with Gasteiger partial charge in [-0.2, -0.15) is 5.26 Å². The Bertz CT molecular complexity index is 1160. The molecular weight excluding hydrogens is 342 g/mol. The minimum Gasteiger partial charge on any atom is -0.444 e. The second kappa shape index (κ2) is 6.13. The van der Waals surface area contributed by atoms with E-state index in [-0.39, 0.29) is 22.8 Å². The lowest BCUT2D eigenvalue weighted by atomic mass is 9.77. The lowest BCUT2D eigenvalue weighted by Gasteiger charge is -2.30. The van der Waals surface area contributed by atoms with E-state index in [1.807, 2.05) is 32.0 Å². The number of nitrogens with one attached hydrogen (secondary N) is 1. The molecule has 2 heterocycles.